The van der Waals surface area contributed by atoms with Crippen LogP contribution in [0.4, 0.5) is 0 Å². The van der Waals surface area contributed by atoms with Gasteiger partial charge in [-0.15, -0.1) is 0 Å². The van der Waals surface area contributed by atoms with Crippen LogP contribution in [0.25, 0.3) is 0 Å². The van der Waals surface area contributed by atoms with Gasteiger partial charge >= 0.3 is 5.97 Å². The molecule has 6 nitrogen and oxygen atoms in total. The molecule has 0 aromatic heterocycles. The standard InChI is InChI=1S/C22H32N2O4/c1-16(2)21(24-19(25)13-17-9-5-3-6-10-17)22(27)28-15-20(26)23-14-18-11-7-4-8-12-18/h3,5-6,9-10,16,18,21H,4,7-8,11-15H2,1-2H3,(H,23,26)(H,24,25). The number of rotatable bonds is 9. The number of esters is 1. The number of ether oxygens (including phenoxy) is 1. The zero-order chi connectivity index (χ0) is 20.4. The van der Waals surface area contributed by atoms with Gasteiger partial charge in [-0.05, 0) is 30.2 Å². The summed E-state index contributed by atoms with van der Waals surface area (Å²) < 4.78 is 5.15. The van der Waals surface area contributed by atoms with Crippen molar-refractivity contribution in [2.75, 3.05) is 13.2 Å². The van der Waals surface area contributed by atoms with Crippen molar-refractivity contribution >= 4 is 17.8 Å². The van der Waals surface area contributed by atoms with E-state index in [1.54, 1.807) is 0 Å². The molecule has 1 unspecified atom stereocenters. The first-order valence-electron chi connectivity index (χ1n) is 10.2. The van der Waals surface area contributed by atoms with Crippen LogP contribution in [0.3, 0.4) is 0 Å². The minimum Gasteiger partial charge on any atom is -0.454 e. The van der Waals surface area contributed by atoms with Crippen LogP contribution in [0.1, 0.15) is 51.5 Å². The second-order valence-electron chi connectivity index (χ2n) is 7.87. The van der Waals surface area contributed by atoms with E-state index in [1.165, 1.54) is 19.3 Å². The van der Waals surface area contributed by atoms with Gasteiger partial charge in [0.15, 0.2) is 6.61 Å². The second kappa shape index (κ2) is 11.5. The van der Waals surface area contributed by atoms with Gasteiger partial charge in [-0.3, -0.25) is 9.59 Å². The largest absolute Gasteiger partial charge is 0.454 e. The van der Waals surface area contributed by atoms with Crippen LogP contribution in [-0.2, 0) is 25.5 Å². The Labute approximate surface area is 167 Å². The fourth-order valence-corrected chi connectivity index (χ4v) is 3.43. The Morgan fingerprint density at radius 2 is 1.71 bits per heavy atom. The van der Waals surface area contributed by atoms with Gasteiger partial charge in [0.25, 0.3) is 5.91 Å². The summed E-state index contributed by atoms with van der Waals surface area (Å²) in [5.74, 6) is -0.739. The molecule has 1 aliphatic rings. The number of nitrogens with one attached hydrogen (secondary N) is 2. The predicted octanol–water partition coefficient (Wildman–Crippen LogP) is 2.61. The van der Waals surface area contributed by atoms with E-state index in [1.807, 2.05) is 44.2 Å². The van der Waals surface area contributed by atoms with Crippen molar-refractivity contribution in [3.05, 3.63) is 35.9 Å². The van der Waals surface area contributed by atoms with E-state index < -0.39 is 12.0 Å². The third-order valence-electron chi connectivity index (χ3n) is 5.10. The van der Waals surface area contributed by atoms with Crippen LogP contribution in [0.5, 0.6) is 0 Å². The molecule has 154 valence electrons. The van der Waals surface area contributed by atoms with E-state index in [0.717, 1.165) is 18.4 Å². The molecule has 1 aromatic carbocycles. The van der Waals surface area contributed by atoms with Gasteiger partial charge in [-0.25, -0.2) is 4.79 Å². The Hall–Kier alpha value is -2.37. The lowest BCUT2D eigenvalue weighted by Crippen LogP contribution is -2.46. The average molecular weight is 389 g/mol. The summed E-state index contributed by atoms with van der Waals surface area (Å²) in [7, 11) is 0. The molecule has 0 aliphatic heterocycles. The molecule has 1 fully saturated rings. The highest BCUT2D eigenvalue weighted by molar-refractivity contribution is 5.87. The summed E-state index contributed by atoms with van der Waals surface area (Å²) in [6, 6.07) is 8.56. The number of hydrogen-bond donors (Lipinski definition) is 2. The predicted molar refractivity (Wildman–Crippen MR) is 107 cm³/mol. The molecule has 0 radical (unpaired) electrons. The first-order chi connectivity index (χ1) is 13.5. The van der Waals surface area contributed by atoms with E-state index in [2.05, 4.69) is 10.6 Å². The van der Waals surface area contributed by atoms with Crippen LogP contribution < -0.4 is 10.6 Å². The van der Waals surface area contributed by atoms with Crippen LogP contribution in [0.15, 0.2) is 30.3 Å². The Bertz CT molecular complexity index is 639. The summed E-state index contributed by atoms with van der Waals surface area (Å²) in [5.41, 5.74) is 0.873. The van der Waals surface area contributed by atoms with Crippen molar-refractivity contribution in [2.45, 2.75) is 58.4 Å². The topological polar surface area (TPSA) is 84.5 Å². The molecule has 0 saturated heterocycles. The van der Waals surface area contributed by atoms with Crippen LogP contribution in [0.2, 0.25) is 0 Å². The van der Waals surface area contributed by atoms with Crippen molar-refractivity contribution < 1.29 is 19.1 Å². The van der Waals surface area contributed by atoms with Gasteiger partial charge in [-0.1, -0.05) is 63.4 Å². The van der Waals surface area contributed by atoms with Crippen molar-refractivity contribution in [1.29, 1.82) is 0 Å². The smallest absolute Gasteiger partial charge is 0.329 e. The quantitative estimate of drug-likeness (QED) is 0.637. The minimum absolute atomic E-state index is 0.141. The molecule has 2 amide bonds. The summed E-state index contributed by atoms with van der Waals surface area (Å²) >= 11 is 0. The highest BCUT2D eigenvalue weighted by Gasteiger charge is 2.26. The number of amides is 2. The Morgan fingerprint density at radius 3 is 2.36 bits per heavy atom. The molecule has 1 aromatic rings. The summed E-state index contributed by atoms with van der Waals surface area (Å²) in [6.07, 6.45) is 6.18. The lowest BCUT2D eigenvalue weighted by Gasteiger charge is -2.22. The van der Waals surface area contributed by atoms with Crippen molar-refractivity contribution in [3.63, 3.8) is 0 Å². The molecule has 6 heteroatoms. The van der Waals surface area contributed by atoms with Crippen LogP contribution in [0, 0.1) is 11.8 Å². The summed E-state index contributed by atoms with van der Waals surface area (Å²) in [4.78, 5) is 36.6. The number of carbonyl (C=O) groups is 3. The highest BCUT2D eigenvalue weighted by Crippen LogP contribution is 2.22. The molecular formula is C22H32N2O4. The normalized spacial score (nSPS) is 15.7. The van der Waals surface area contributed by atoms with Gasteiger partial charge in [-0.2, -0.15) is 0 Å². The first kappa shape index (κ1) is 21.9. The third kappa shape index (κ3) is 7.71. The number of carbonyl (C=O) groups excluding carboxylic acids is 3. The second-order valence-corrected chi connectivity index (χ2v) is 7.87. The van der Waals surface area contributed by atoms with E-state index in [9.17, 15) is 14.4 Å². The zero-order valence-electron chi connectivity index (χ0n) is 16.9. The first-order valence-corrected chi connectivity index (χ1v) is 10.2. The number of benzene rings is 1. The van der Waals surface area contributed by atoms with Crippen LogP contribution in [-0.4, -0.2) is 37.0 Å². The lowest BCUT2D eigenvalue weighted by molar-refractivity contribution is -0.152. The maximum Gasteiger partial charge on any atom is 0.329 e. The average Bonchev–Trinajstić information content (AvgIpc) is 2.70. The SMILES string of the molecule is CC(C)C(NC(=O)Cc1ccccc1)C(=O)OCC(=O)NCC1CCCCC1. The van der Waals surface area contributed by atoms with E-state index in [4.69, 9.17) is 4.74 Å². The Balaban J connectivity index is 1.75. The maximum atomic E-state index is 12.4. The summed E-state index contributed by atoms with van der Waals surface area (Å²) in [5, 5.41) is 5.57. The van der Waals surface area contributed by atoms with Crippen molar-refractivity contribution in [2.24, 2.45) is 11.8 Å². The van der Waals surface area contributed by atoms with Gasteiger partial charge < -0.3 is 15.4 Å². The lowest BCUT2D eigenvalue weighted by atomic mass is 9.89. The van der Waals surface area contributed by atoms with Crippen LogP contribution >= 0.6 is 0 Å². The zero-order valence-corrected chi connectivity index (χ0v) is 16.9. The van der Waals surface area contributed by atoms with E-state index >= 15 is 0 Å². The Kier molecular flexibility index (Phi) is 8.98. The molecule has 2 rings (SSSR count). The van der Waals surface area contributed by atoms with Gasteiger partial charge in [0.1, 0.15) is 6.04 Å². The molecular weight excluding hydrogens is 356 g/mol. The molecule has 0 bridgehead atoms. The third-order valence-corrected chi connectivity index (χ3v) is 5.10. The number of hydrogen-bond acceptors (Lipinski definition) is 4. The molecule has 1 aliphatic carbocycles. The van der Waals surface area contributed by atoms with Gasteiger partial charge in [0.05, 0.1) is 6.42 Å². The minimum atomic E-state index is -0.776. The molecule has 0 spiro atoms. The molecule has 1 saturated carbocycles. The van der Waals surface area contributed by atoms with Crippen molar-refractivity contribution in [3.8, 4) is 0 Å². The summed E-state index contributed by atoms with van der Waals surface area (Å²) in [6.45, 7) is 3.98. The van der Waals surface area contributed by atoms with Gasteiger partial charge in [0, 0.05) is 6.54 Å². The maximum absolute atomic E-state index is 12.4. The van der Waals surface area contributed by atoms with Crippen molar-refractivity contribution in [1.82, 2.24) is 10.6 Å². The monoisotopic (exact) mass is 388 g/mol. The van der Waals surface area contributed by atoms with E-state index in [0.29, 0.717) is 12.5 Å². The molecule has 2 N–H and O–H groups in total. The van der Waals surface area contributed by atoms with Gasteiger partial charge in [0.2, 0.25) is 5.91 Å². The Morgan fingerprint density at radius 1 is 1.04 bits per heavy atom. The highest BCUT2D eigenvalue weighted by atomic mass is 16.5. The van der Waals surface area contributed by atoms with E-state index in [-0.39, 0.29) is 30.8 Å². The molecule has 1 atom stereocenters. The fourth-order valence-electron chi connectivity index (χ4n) is 3.43. The fraction of sp³-hybridized carbons (Fsp3) is 0.591. The molecule has 0 heterocycles. The molecule has 28 heavy (non-hydrogen) atoms.